The zero-order valence-electron chi connectivity index (χ0n) is 17.8. The summed E-state index contributed by atoms with van der Waals surface area (Å²) in [7, 11) is 0. The zero-order chi connectivity index (χ0) is 22.2. The number of thiophene rings is 1. The van der Waals surface area contributed by atoms with Crippen LogP contribution in [-0.2, 0) is 24.2 Å². The summed E-state index contributed by atoms with van der Waals surface area (Å²) in [6.45, 7) is 2.70. The third kappa shape index (κ3) is 3.93. The van der Waals surface area contributed by atoms with Crippen LogP contribution in [0, 0.1) is 6.92 Å². The number of amides is 2. The molecule has 2 amide bonds. The molecule has 1 fully saturated rings. The molecule has 2 aromatic heterocycles. The van der Waals surface area contributed by atoms with E-state index in [0.29, 0.717) is 17.9 Å². The highest BCUT2D eigenvalue weighted by atomic mass is 32.2. The molecule has 2 aliphatic rings. The first kappa shape index (κ1) is 21.2. The van der Waals surface area contributed by atoms with Crippen molar-refractivity contribution in [1.82, 2.24) is 14.5 Å². The molecular weight excluding hydrogens is 442 g/mol. The minimum atomic E-state index is -0.270. The summed E-state index contributed by atoms with van der Waals surface area (Å²) in [5, 5.41) is 0.501. The van der Waals surface area contributed by atoms with Crippen molar-refractivity contribution in [3.63, 3.8) is 0 Å². The lowest BCUT2D eigenvalue weighted by molar-refractivity contribution is -0.122. The summed E-state index contributed by atoms with van der Waals surface area (Å²) in [5.41, 5.74) is 3.20. The van der Waals surface area contributed by atoms with Gasteiger partial charge in [-0.25, -0.2) is 4.98 Å². The topological polar surface area (TPSA) is 72.3 Å². The zero-order valence-corrected chi connectivity index (χ0v) is 19.4. The lowest BCUT2D eigenvalue weighted by Crippen LogP contribution is -2.31. The van der Waals surface area contributed by atoms with Crippen LogP contribution in [0.2, 0.25) is 0 Å². The molecule has 164 valence electrons. The molecule has 5 rings (SSSR count). The number of carbonyl (C=O) groups is 2. The van der Waals surface area contributed by atoms with E-state index >= 15 is 0 Å². The maximum Gasteiger partial charge on any atom is 0.293 e. The van der Waals surface area contributed by atoms with Crippen molar-refractivity contribution in [1.29, 1.82) is 0 Å². The Labute approximate surface area is 194 Å². The van der Waals surface area contributed by atoms with Crippen LogP contribution in [-0.4, -0.2) is 32.1 Å². The Morgan fingerprint density at radius 2 is 1.84 bits per heavy atom. The maximum absolute atomic E-state index is 13.1. The summed E-state index contributed by atoms with van der Waals surface area (Å²) in [6, 6.07) is 7.82. The van der Waals surface area contributed by atoms with Gasteiger partial charge >= 0.3 is 0 Å². The quantitative estimate of drug-likeness (QED) is 0.508. The second kappa shape index (κ2) is 8.67. The van der Waals surface area contributed by atoms with Crippen molar-refractivity contribution >= 4 is 50.5 Å². The van der Waals surface area contributed by atoms with Gasteiger partial charge in [0.05, 0.1) is 16.6 Å². The van der Waals surface area contributed by atoms with Gasteiger partial charge in [-0.1, -0.05) is 29.8 Å². The van der Waals surface area contributed by atoms with Gasteiger partial charge in [-0.05, 0) is 68.0 Å². The van der Waals surface area contributed by atoms with Gasteiger partial charge in [0.2, 0.25) is 0 Å². The molecule has 8 heteroatoms. The second-order valence-electron chi connectivity index (χ2n) is 8.23. The molecule has 1 aromatic carbocycles. The van der Waals surface area contributed by atoms with E-state index < -0.39 is 0 Å². The van der Waals surface area contributed by atoms with Gasteiger partial charge in [0.1, 0.15) is 4.83 Å². The molecule has 32 heavy (non-hydrogen) atoms. The van der Waals surface area contributed by atoms with Crippen molar-refractivity contribution in [2.75, 3.05) is 6.54 Å². The molecule has 0 radical (unpaired) electrons. The Hall–Kier alpha value is -2.71. The summed E-state index contributed by atoms with van der Waals surface area (Å²) in [5.74, 6) is -0.270. The number of nitrogens with zero attached hydrogens (tertiary/aromatic N) is 3. The van der Waals surface area contributed by atoms with Gasteiger partial charge in [-0.15, -0.1) is 11.3 Å². The first-order valence-electron chi connectivity index (χ1n) is 10.8. The Balaban J connectivity index is 1.28. The van der Waals surface area contributed by atoms with E-state index in [9.17, 15) is 14.4 Å². The van der Waals surface area contributed by atoms with Gasteiger partial charge in [0.15, 0.2) is 0 Å². The normalized spacial score (nSPS) is 17.5. The van der Waals surface area contributed by atoms with E-state index in [2.05, 4.69) is 4.98 Å². The van der Waals surface area contributed by atoms with Gasteiger partial charge in [-0.3, -0.25) is 23.9 Å². The van der Waals surface area contributed by atoms with E-state index in [4.69, 9.17) is 0 Å². The maximum atomic E-state index is 13.1. The van der Waals surface area contributed by atoms with Gasteiger partial charge in [-0.2, -0.15) is 0 Å². The molecule has 0 unspecified atom stereocenters. The number of carbonyl (C=O) groups excluding carboxylic acids is 2. The van der Waals surface area contributed by atoms with E-state index in [1.807, 2.05) is 31.2 Å². The Kier molecular flexibility index (Phi) is 5.73. The average Bonchev–Trinajstić information content (AvgIpc) is 3.29. The number of thioether (sulfide) groups is 1. The summed E-state index contributed by atoms with van der Waals surface area (Å²) >= 11 is 2.61. The van der Waals surface area contributed by atoms with Gasteiger partial charge in [0.25, 0.3) is 16.7 Å². The molecule has 0 bridgehead atoms. The minimum absolute atomic E-state index is 0.0113. The lowest BCUT2D eigenvalue weighted by atomic mass is 9.97. The van der Waals surface area contributed by atoms with Crippen molar-refractivity contribution in [3.05, 3.63) is 67.4 Å². The first-order valence-corrected chi connectivity index (χ1v) is 12.5. The van der Waals surface area contributed by atoms with Crippen LogP contribution in [0.3, 0.4) is 0 Å². The van der Waals surface area contributed by atoms with Crippen LogP contribution in [0.25, 0.3) is 16.3 Å². The molecule has 1 aliphatic carbocycles. The van der Waals surface area contributed by atoms with Crippen LogP contribution >= 0.6 is 23.1 Å². The molecule has 1 saturated heterocycles. The SMILES string of the molecule is Cc1ccc(/C=C2/SC(=O)N(CCCn3cnc4sc5c(c4c3=O)CCCC5)C2=O)cc1. The van der Waals surface area contributed by atoms with E-state index in [1.54, 1.807) is 28.3 Å². The summed E-state index contributed by atoms with van der Waals surface area (Å²) in [4.78, 5) is 46.5. The second-order valence-corrected chi connectivity index (χ2v) is 10.3. The fraction of sp³-hybridized carbons (Fsp3) is 0.333. The average molecular weight is 466 g/mol. The Bertz CT molecular complexity index is 1300. The molecule has 0 saturated carbocycles. The standard InChI is InChI=1S/C24H23N3O3S2/c1-15-7-9-16(10-8-15)13-19-22(28)27(24(30)32-19)12-4-11-26-14-25-21-20(23(26)29)17-5-2-3-6-18(17)31-21/h7-10,13-14H,2-6,11-12H2,1H3/b19-13+. The number of aromatic nitrogens is 2. The molecule has 0 spiro atoms. The number of imide groups is 1. The number of rotatable bonds is 5. The first-order chi connectivity index (χ1) is 15.5. The number of hydrogen-bond acceptors (Lipinski definition) is 6. The van der Waals surface area contributed by atoms with E-state index in [1.165, 1.54) is 21.8 Å². The van der Waals surface area contributed by atoms with Crippen LogP contribution < -0.4 is 5.56 Å². The molecule has 3 aromatic rings. The number of fused-ring (bicyclic) bond motifs is 3. The molecule has 6 nitrogen and oxygen atoms in total. The smallest absolute Gasteiger partial charge is 0.293 e. The lowest BCUT2D eigenvalue weighted by Gasteiger charge is -2.13. The number of benzene rings is 1. The van der Waals surface area contributed by atoms with Crippen LogP contribution in [0.5, 0.6) is 0 Å². The summed E-state index contributed by atoms with van der Waals surface area (Å²) in [6.07, 6.45) is 8.12. The molecular formula is C24H23N3O3S2. The predicted octanol–water partition coefficient (Wildman–Crippen LogP) is 4.77. The van der Waals surface area contributed by atoms with Gasteiger partial charge in [0, 0.05) is 18.0 Å². The Morgan fingerprint density at radius 1 is 1.06 bits per heavy atom. The highest BCUT2D eigenvalue weighted by molar-refractivity contribution is 8.18. The fourth-order valence-corrected chi connectivity index (χ4v) is 6.33. The van der Waals surface area contributed by atoms with Crippen LogP contribution in [0.4, 0.5) is 4.79 Å². The van der Waals surface area contributed by atoms with Crippen molar-refractivity contribution in [3.8, 4) is 0 Å². The number of aryl methyl sites for hydroxylation is 4. The van der Waals surface area contributed by atoms with Crippen molar-refractivity contribution in [2.45, 2.75) is 45.6 Å². The predicted molar refractivity (Wildman–Crippen MR) is 129 cm³/mol. The monoisotopic (exact) mass is 465 g/mol. The fourth-order valence-electron chi connectivity index (χ4n) is 4.25. The highest BCUT2D eigenvalue weighted by Gasteiger charge is 2.34. The Morgan fingerprint density at radius 3 is 2.66 bits per heavy atom. The third-order valence-electron chi connectivity index (χ3n) is 5.97. The van der Waals surface area contributed by atoms with Crippen molar-refractivity contribution < 1.29 is 9.59 Å². The summed E-state index contributed by atoms with van der Waals surface area (Å²) < 4.78 is 1.62. The van der Waals surface area contributed by atoms with Crippen LogP contribution in [0.15, 0.2) is 40.3 Å². The van der Waals surface area contributed by atoms with Gasteiger partial charge < -0.3 is 0 Å². The number of hydrogen-bond donors (Lipinski definition) is 0. The van der Waals surface area contributed by atoms with Crippen molar-refractivity contribution in [2.24, 2.45) is 0 Å². The molecule has 3 heterocycles. The highest BCUT2D eigenvalue weighted by Crippen LogP contribution is 2.34. The third-order valence-corrected chi connectivity index (χ3v) is 8.08. The van der Waals surface area contributed by atoms with Crippen LogP contribution in [0.1, 0.15) is 40.8 Å². The molecule has 0 atom stereocenters. The molecule has 1 aliphatic heterocycles. The minimum Gasteiger partial charge on any atom is -0.299 e. The molecule has 0 N–H and O–H groups in total. The van der Waals surface area contributed by atoms with E-state index in [0.717, 1.165) is 52.4 Å². The largest absolute Gasteiger partial charge is 0.299 e. The van der Waals surface area contributed by atoms with E-state index in [-0.39, 0.29) is 23.3 Å².